The van der Waals surface area contributed by atoms with E-state index in [1.54, 1.807) is 13.0 Å². The number of ether oxygens (including phenoxy) is 1. The van der Waals surface area contributed by atoms with Crippen molar-refractivity contribution in [3.05, 3.63) is 23.5 Å². The number of pyridine rings is 1. The Balaban J connectivity index is 1.99. The molecule has 1 aromatic rings. The molecule has 0 bridgehead atoms. The highest BCUT2D eigenvalue weighted by Gasteiger charge is 2.20. The molecule has 0 saturated heterocycles. The average Bonchev–Trinajstić information content (AvgIpc) is 2.19. The third kappa shape index (κ3) is 2.32. The average molecular weight is 220 g/mol. The number of aryl methyl sites for hydroxylation is 1. The van der Waals surface area contributed by atoms with E-state index < -0.39 is 0 Å². The molecule has 16 heavy (non-hydrogen) atoms. The fourth-order valence-corrected chi connectivity index (χ4v) is 1.69. The third-order valence-corrected chi connectivity index (χ3v) is 3.00. The molecule has 4 heteroatoms. The molecule has 0 aromatic carbocycles. The number of anilines is 1. The van der Waals surface area contributed by atoms with Gasteiger partial charge < -0.3 is 10.5 Å². The monoisotopic (exact) mass is 220 g/mol. The number of nitrogens with zero attached hydrogens (tertiary/aromatic N) is 1. The van der Waals surface area contributed by atoms with Gasteiger partial charge in [0.25, 0.3) is 0 Å². The van der Waals surface area contributed by atoms with E-state index in [9.17, 15) is 4.79 Å². The molecule has 1 saturated carbocycles. The lowest BCUT2D eigenvalue weighted by Crippen LogP contribution is -2.20. The number of carbonyl (C=O) groups is 1. The molecular weight excluding hydrogens is 204 g/mol. The second kappa shape index (κ2) is 4.51. The van der Waals surface area contributed by atoms with Gasteiger partial charge in [-0.25, -0.2) is 4.79 Å². The highest BCUT2D eigenvalue weighted by Crippen LogP contribution is 2.26. The lowest BCUT2D eigenvalue weighted by Gasteiger charge is -2.24. The molecular formula is C12H16N2O2. The number of nitrogen functional groups attached to an aromatic ring is 1. The van der Waals surface area contributed by atoms with Gasteiger partial charge in [-0.05, 0) is 31.7 Å². The van der Waals surface area contributed by atoms with Crippen molar-refractivity contribution in [3.63, 3.8) is 0 Å². The number of aromatic nitrogens is 1. The van der Waals surface area contributed by atoms with Gasteiger partial charge in [0.2, 0.25) is 0 Å². The Labute approximate surface area is 94.8 Å². The van der Waals surface area contributed by atoms with Crippen LogP contribution in [0, 0.1) is 12.8 Å². The van der Waals surface area contributed by atoms with Gasteiger partial charge in [0.1, 0.15) is 0 Å². The first-order valence-electron chi connectivity index (χ1n) is 5.56. The zero-order chi connectivity index (χ0) is 11.5. The van der Waals surface area contributed by atoms with Crippen LogP contribution in [-0.2, 0) is 4.74 Å². The summed E-state index contributed by atoms with van der Waals surface area (Å²) >= 11 is 0. The molecule has 0 atom stereocenters. The zero-order valence-electron chi connectivity index (χ0n) is 9.40. The second-order valence-electron chi connectivity index (χ2n) is 4.30. The topological polar surface area (TPSA) is 65.2 Å². The smallest absolute Gasteiger partial charge is 0.340 e. The van der Waals surface area contributed by atoms with Gasteiger partial charge in [-0.1, -0.05) is 6.42 Å². The largest absolute Gasteiger partial charge is 0.462 e. The summed E-state index contributed by atoms with van der Waals surface area (Å²) < 4.78 is 5.23. The number of hydrogen-bond donors (Lipinski definition) is 1. The molecule has 4 nitrogen and oxygen atoms in total. The fourth-order valence-electron chi connectivity index (χ4n) is 1.69. The van der Waals surface area contributed by atoms with Gasteiger partial charge in [0.05, 0.1) is 29.7 Å². The van der Waals surface area contributed by atoms with Gasteiger partial charge >= 0.3 is 5.97 Å². The molecule has 1 aliphatic rings. The van der Waals surface area contributed by atoms with Crippen LogP contribution < -0.4 is 5.73 Å². The van der Waals surface area contributed by atoms with E-state index in [2.05, 4.69) is 4.98 Å². The lowest BCUT2D eigenvalue weighted by atomic mass is 9.86. The van der Waals surface area contributed by atoms with Crippen molar-refractivity contribution >= 4 is 11.7 Å². The summed E-state index contributed by atoms with van der Waals surface area (Å²) in [6.07, 6.45) is 5.13. The summed E-state index contributed by atoms with van der Waals surface area (Å²) in [7, 11) is 0. The van der Waals surface area contributed by atoms with E-state index in [1.807, 2.05) is 0 Å². The highest BCUT2D eigenvalue weighted by atomic mass is 16.5. The minimum atomic E-state index is -0.316. The van der Waals surface area contributed by atoms with Gasteiger partial charge in [0, 0.05) is 0 Å². The van der Waals surface area contributed by atoms with Gasteiger partial charge in [-0.3, -0.25) is 4.98 Å². The zero-order valence-corrected chi connectivity index (χ0v) is 9.40. The van der Waals surface area contributed by atoms with Crippen molar-refractivity contribution in [2.24, 2.45) is 5.92 Å². The third-order valence-electron chi connectivity index (χ3n) is 3.00. The summed E-state index contributed by atoms with van der Waals surface area (Å²) in [4.78, 5) is 15.8. The summed E-state index contributed by atoms with van der Waals surface area (Å²) in [5, 5.41) is 0. The summed E-state index contributed by atoms with van der Waals surface area (Å²) in [5.41, 5.74) is 7.21. The van der Waals surface area contributed by atoms with Crippen LogP contribution in [0.5, 0.6) is 0 Å². The summed E-state index contributed by atoms with van der Waals surface area (Å²) in [5.74, 6) is 0.238. The molecule has 1 heterocycles. The quantitative estimate of drug-likeness (QED) is 0.790. The Hall–Kier alpha value is -1.58. The molecule has 0 aliphatic heterocycles. The van der Waals surface area contributed by atoms with Crippen LogP contribution in [-0.4, -0.2) is 17.6 Å². The number of esters is 1. The van der Waals surface area contributed by atoms with Crippen LogP contribution >= 0.6 is 0 Å². The minimum Gasteiger partial charge on any atom is -0.462 e. The molecule has 2 rings (SSSR count). The van der Waals surface area contributed by atoms with Gasteiger partial charge in [-0.2, -0.15) is 0 Å². The first-order valence-corrected chi connectivity index (χ1v) is 5.56. The van der Waals surface area contributed by atoms with E-state index in [0.717, 1.165) is 0 Å². The predicted molar refractivity (Wildman–Crippen MR) is 61.0 cm³/mol. The maximum atomic E-state index is 11.7. The van der Waals surface area contributed by atoms with Crippen molar-refractivity contribution in [2.45, 2.75) is 26.2 Å². The normalized spacial score (nSPS) is 15.6. The maximum absolute atomic E-state index is 11.7. The Morgan fingerprint density at radius 2 is 2.38 bits per heavy atom. The van der Waals surface area contributed by atoms with Crippen LogP contribution in [0.3, 0.4) is 0 Å². The van der Waals surface area contributed by atoms with Crippen LogP contribution in [0.15, 0.2) is 12.3 Å². The second-order valence-corrected chi connectivity index (χ2v) is 4.30. The number of hydrogen-bond acceptors (Lipinski definition) is 4. The standard InChI is InChI=1S/C12H16N2O2/c1-8-11(5-10(13)6-14-8)12(15)16-7-9-3-2-4-9/h5-6,9H,2-4,7,13H2,1H3. The number of rotatable bonds is 3. The van der Waals surface area contributed by atoms with E-state index in [-0.39, 0.29) is 5.97 Å². The number of nitrogens with two attached hydrogens (primary N) is 1. The Morgan fingerprint density at radius 1 is 1.62 bits per heavy atom. The maximum Gasteiger partial charge on any atom is 0.340 e. The Morgan fingerprint density at radius 3 is 3.00 bits per heavy atom. The molecule has 0 spiro atoms. The molecule has 2 N–H and O–H groups in total. The van der Waals surface area contributed by atoms with Crippen molar-refractivity contribution in [2.75, 3.05) is 12.3 Å². The van der Waals surface area contributed by atoms with Crippen molar-refractivity contribution in [3.8, 4) is 0 Å². The Kier molecular flexibility index (Phi) is 3.08. The molecule has 0 unspecified atom stereocenters. The first-order chi connectivity index (χ1) is 7.66. The predicted octanol–water partition coefficient (Wildman–Crippen LogP) is 1.93. The van der Waals surface area contributed by atoms with Gasteiger partial charge in [-0.15, -0.1) is 0 Å². The van der Waals surface area contributed by atoms with Crippen molar-refractivity contribution in [1.29, 1.82) is 0 Å². The minimum absolute atomic E-state index is 0.316. The molecule has 0 radical (unpaired) electrons. The van der Waals surface area contributed by atoms with Crippen LogP contribution in [0.1, 0.15) is 35.3 Å². The fraction of sp³-hybridized carbons (Fsp3) is 0.500. The molecule has 0 amide bonds. The summed E-state index contributed by atoms with van der Waals surface area (Å²) in [6.45, 7) is 2.30. The van der Waals surface area contributed by atoms with E-state index in [1.165, 1.54) is 25.5 Å². The molecule has 1 fully saturated rings. The van der Waals surface area contributed by atoms with Gasteiger partial charge in [0.15, 0.2) is 0 Å². The molecule has 1 aliphatic carbocycles. The number of carbonyl (C=O) groups excluding carboxylic acids is 1. The Bertz CT molecular complexity index is 400. The van der Waals surface area contributed by atoms with Crippen LogP contribution in [0.4, 0.5) is 5.69 Å². The van der Waals surface area contributed by atoms with Crippen molar-refractivity contribution < 1.29 is 9.53 Å². The summed E-state index contributed by atoms with van der Waals surface area (Å²) in [6, 6.07) is 1.62. The van der Waals surface area contributed by atoms with Crippen LogP contribution in [0.25, 0.3) is 0 Å². The molecule has 1 aromatic heterocycles. The van der Waals surface area contributed by atoms with Crippen molar-refractivity contribution in [1.82, 2.24) is 4.98 Å². The van der Waals surface area contributed by atoms with E-state index in [0.29, 0.717) is 29.5 Å². The highest BCUT2D eigenvalue weighted by molar-refractivity contribution is 5.91. The SMILES string of the molecule is Cc1ncc(N)cc1C(=O)OCC1CCC1. The molecule has 86 valence electrons. The van der Waals surface area contributed by atoms with Crippen LogP contribution in [0.2, 0.25) is 0 Å². The first kappa shape index (κ1) is 10.9. The van der Waals surface area contributed by atoms with E-state index >= 15 is 0 Å². The van der Waals surface area contributed by atoms with E-state index in [4.69, 9.17) is 10.5 Å². The lowest BCUT2D eigenvalue weighted by molar-refractivity contribution is 0.0370.